The van der Waals surface area contributed by atoms with Gasteiger partial charge in [0.2, 0.25) is 0 Å². The number of nitrogens with one attached hydrogen (secondary N) is 2. The van der Waals surface area contributed by atoms with Crippen LogP contribution < -0.4 is 20.2 Å². The van der Waals surface area contributed by atoms with Crippen LogP contribution in [0, 0.1) is 6.92 Å². The van der Waals surface area contributed by atoms with Crippen molar-refractivity contribution in [3.05, 3.63) is 87.9 Å². The molecule has 0 aliphatic rings. The molecule has 7 nitrogen and oxygen atoms in total. The highest BCUT2D eigenvalue weighted by molar-refractivity contribution is 9.10. The zero-order valence-electron chi connectivity index (χ0n) is 18.3. The predicted octanol–water partition coefficient (Wildman–Crippen LogP) is 4.82. The van der Waals surface area contributed by atoms with E-state index in [0.717, 1.165) is 15.6 Å². The molecule has 0 fully saturated rings. The molecule has 33 heavy (non-hydrogen) atoms. The van der Waals surface area contributed by atoms with Crippen LogP contribution in [0.25, 0.3) is 0 Å². The molecule has 0 unspecified atom stereocenters. The van der Waals surface area contributed by atoms with Gasteiger partial charge in [0.05, 0.1) is 12.8 Å². The van der Waals surface area contributed by atoms with Gasteiger partial charge in [0.25, 0.3) is 0 Å². The summed E-state index contributed by atoms with van der Waals surface area (Å²) >= 11 is 3.41. The van der Waals surface area contributed by atoms with E-state index in [0.29, 0.717) is 36.0 Å². The average molecular weight is 510 g/mol. The number of anilines is 1. The highest BCUT2D eigenvalue weighted by Gasteiger charge is 2.13. The third-order valence-corrected chi connectivity index (χ3v) is 4.97. The SMILES string of the molecule is CCOc1cc(/C=N\NC(=O)C(=O)Nc2cccc(C)c2)ccc1OCc1ccc(Br)cc1. The summed E-state index contributed by atoms with van der Waals surface area (Å²) in [4.78, 5) is 24.0. The van der Waals surface area contributed by atoms with Crippen molar-refractivity contribution in [1.82, 2.24) is 5.43 Å². The zero-order chi connectivity index (χ0) is 23.6. The molecule has 0 spiro atoms. The zero-order valence-corrected chi connectivity index (χ0v) is 19.9. The van der Waals surface area contributed by atoms with Gasteiger partial charge in [0.1, 0.15) is 6.61 Å². The Morgan fingerprint density at radius 3 is 2.48 bits per heavy atom. The number of halogens is 1. The second-order valence-electron chi connectivity index (χ2n) is 7.08. The molecule has 3 aromatic rings. The second-order valence-corrected chi connectivity index (χ2v) is 7.99. The van der Waals surface area contributed by atoms with E-state index < -0.39 is 11.8 Å². The van der Waals surface area contributed by atoms with Crippen LogP contribution in [0.2, 0.25) is 0 Å². The number of nitrogens with zero attached hydrogens (tertiary/aromatic N) is 1. The Morgan fingerprint density at radius 1 is 0.970 bits per heavy atom. The minimum absolute atomic E-state index is 0.396. The number of rotatable bonds is 8. The van der Waals surface area contributed by atoms with Gasteiger partial charge in [0.15, 0.2) is 11.5 Å². The summed E-state index contributed by atoms with van der Waals surface area (Å²) in [7, 11) is 0. The maximum absolute atomic E-state index is 12.0. The first-order chi connectivity index (χ1) is 15.9. The molecule has 3 rings (SSSR count). The molecular formula is C25H24BrN3O4. The Morgan fingerprint density at radius 2 is 1.76 bits per heavy atom. The predicted molar refractivity (Wildman–Crippen MR) is 132 cm³/mol. The summed E-state index contributed by atoms with van der Waals surface area (Å²) in [5.41, 5.74) is 5.44. The number of hydrogen-bond donors (Lipinski definition) is 2. The van der Waals surface area contributed by atoms with Gasteiger partial charge in [-0.25, -0.2) is 5.43 Å². The molecule has 0 aliphatic carbocycles. The molecule has 0 radical (unpaired) electrons. The summed E-state index contributed by atoms with van der Waals surface area (Å²) < 4.78 is 12.6. The highest BCUT2D eigenvalue weighted by atomic mass is 79.9. The van der Waals surface area contributed by atoms with Gasteiger partial charge in [-0.3, -0.25) is 9.59 Å². The fourth-order valence-electron chi connectivity index (χ4n) is 2.86. The molecule has 0 saturated carbocycles. The van der Waals surface area contributed by atoms with E-state index >= 15 is 0 Å². The minimum atomic E-state index is -0.868. The van der Waals surface area contributed by atoms with Crippen LogP contribution in [0.3, 0.4) is 0 Å². The number of hydrazone groups is 1. The molecule has 0 saturated heterocycles. The summed E-state index contributed by atoms with van der Waals surface area (Å²) in [6.45, 7) is 4.64. The van der Waals surface area contributed by atoms with Gasteiger partial charge < -0.3 is 14.8 Å². The highest BCUT2D eigenvalue weighted by Crippen LogP contribution is 2.29. The molecule has 3 aromatic carbocycles. The Bertz CT molecular complexity index is 1150. The van der Waals surface area contributed by atoms with E-state index in [-0.39, 0.29) is 0 Å². The van der Waals surface area contributed by atoms with Crippen LogP contribution >= 0.6 is 15.9 Å². The molecule has 2 amide bonds. The van der Waals surface area contributed by atoms with Gasteiger partial charge in [-0.05, 0) is 73.0 Å². The largest absolute Gasteiger partial charge is 0.490 e. The second kappa shape index (κ2) is 11.8. The first-order valence-electron chi connectivity index (χ1n) is 10.3. The first kappa shape index (κ1) is 24.0. The third kappa shape index (κ3) is 7.47. The molecule has 0 aromatic heterocycles. The first-order valence-corrected chi connectivity index (χ1v) is 11.1. The van der Waals surface area contributed by atoms with Crippen molar-refractivity contribution in [3.63, 3.8) is 0 Å². The van der Waals surface area contributed by atoms with E-state index in [9.17, 15) is 9.59 Å². The van der Waals surface area contributed by atoms with Crippen LogP contribution in [-0.4, -0.2) is 24.6 Å². The van der Waals surface area contributed by atoms with Crippen molar-refractivity contribution in [2.24, 2.45) is 5.10 Å². The molecule has 0 bridgehead atoms. The number of carbonyl (C=O) groups excluding carboxylic acids is 2. The summed E-state index contributed by atoms with van der Waals surface area (Å²) in [6.07, 6.45) is 1.43. The molecule has 0 atom stereocenters. The van der Waals surface area contributed by atoms with Gasteiger partial charge in [-0.2, -0.15) is 5.10 Å². The third-order valence-electron chi connectivity index (χ3n) is 4.44. The Labute approximate surface area is 200 Å². The van der Waals surface area contributed by atoms with Crippen LogP contribution in [0.4, 0.5) is 5.69 Å². The standard InChI is InChI=1S/C25H24BrN3O4/c1-3-32-23-14-19(9-12-22(23)33-16-18-7-10-20(26)11-8-18)15-27-29-25(31)24(30)28-21-6-4-5-17(2)13-21/h4-15H,3,16H2,1-2H3,(H,28,30)(H,29,31)/b27-15-. The number of aryl methyl sites for hydroxylation is 1. The smallest absolute Gasteiger partial charge is 0.329 e. The fraction of sp³-hybridized carbons (Fsp3) is 0.160. The van der Waals surface area contributed by atoms with Crippen LogP contribution in [-0.2, 0) is 16.2 Å². The monoisotopic (exact) mass is 509 g/mol. The van der Waals surface area contributed by atoms with E-state index in [1.165, 1.54) is 6.21 Å². The minimum Gasteiger partial charge on any atom is -0.490 e. The average Bonchev–Trinajstić information content (AvgIpc) is 2.80. The topological polar surface area (TPSA) is 89.0 Å². The quantitative estimate of drug-likeness (QED) is 0.258. The number of ether oxygens (including phenoxy) is 2. The number of benzene rings is 3. The van der Waals surface area contributed by atoms with Gasteiger partial charge >= 0.3 is 11.8 Å². The van der Waals surface area contributed by atoms with Crippen molar-refractivity contribution >= 4 is 39.6 Å². The lowest BCUT2D eigenvalue weighted by Crippen LogP contribution is -2.32. The summed E-state index contributed by atoms with van der Waals surface area (Å²) in [5, 5.41) is 6.40. The molecule has 0 heterocycles. The van der Waals surface area contributed by atoms with Crippen LogP contribution in [0.15, 0.2) is 76.3 Å². The maximum Gasteiger partial charge on any atom is 0.329 e. The van der Waals surface area contributed by atoms with E-state index in [4.69, 9.17) is 9.47 Å². The van der Waals surface area contributed by atoms with Crippen molar-refractivity contribution in [1.29, 1.82) is 0 Å². The Kier molecular flexibility index (Phi) is 8.60. The van der Waals surface area contributed by atoms with E-state index in [2.05, 4.69) is 31.8 Å². The van der Waals surface area contributed by atoms with Crippen molar-refractivity contribution in [2.75, 3.05) is 11.9 Å². The van der Waals surface area contributed by atoms with E-state index in [1.54, 1.807) is 36.4 Å². The molecular weight excluding hydrogens is 486 g/mol. The lowest BCUT2D eigenvalue weighted by Gasteiger charge is -2.12. The molecule has 2 N–H and O–H groups in total. The van der Waals surface area contributed by atoms with E-state index in [1.807, 2.05) is 44.2 Å². The van der Waals surface area contributed by atoms with Gasteiger partial charge in [0, 0.05) is 10.2 Å². The van der Waals surface area contributed by atoms with Crippen molar-refractivity contribution in [3.8, 4) is 11.5 Å². The van der Waals surface area contributed by atoms with Crippen LogP contribution in [0.1, 0.15) is 23.6 Å². The summed E-state index contributed by atoms with van der Waals surface area (Å²) in [6, 6.07) is 20.3. The lowest BCUT2D eigenvalue weighted by molar-refractivity contribution is -0.136. The number of amides is 2. The number of hydrogen-bond acceptors (Lipinski definition) is 5. The lowest BCUT2D eigenvalue weighted by atomic mass is 10.2. The van der Waals surface area contributed by atoms with Crippen LogP contribution in [0.5, 0.6) is 11.5 Å². The fourth-order valence-corrected chi connectivity index (χ4v) is 3.13. The maximum atomic E-state index is 12.0. The summed E-state index contributed by atoms with van der Waals surface area (Å²) in [5.74, 6) is -0.516. The Balaban J connectivity index is 1.59. The Hall–Kier alpha value is -3.65. The molecule has 170 valence electrons. The van der Waals surface area contributed by atoms with Gasteiger partial charge in [-0.15, -0.1) is 0 Å². The number of carbonyl (C=O) groups is 2. The molecule has 0 aliphatic heterocycles. The van der Waals surface area contributed by atoms with Gasteiger partial charge in [-0.1, -0.05) is 40.2 Å². The molecule has 8 heteroatoms. The normalized spacial score (nSPS) is 10.6. The van der Waals surface area contributed by atoms with Crippen molar-refractivity contribution in [2.45, 2.75) is 20.5 Å². The van der Waals surface area contributed by atoms with Crippen molar-refractivity contribution < 1.29 is 19.1 Å².